The van der Waals surface area contributed by atoms with Crippen molar-refractivity contribution in [3.63, 3.8) is 0 Å². The van der Waals surface area contributed by atoms with E-state index in [1.807, 2.05) is 6.92 Å². The van der Waals surface area contributed by atoms with Crippen molar-refractivity contribution in [3.05, 3.63) is 0 Å². The Hall–Kier alpha value is -0.400. The SMILES string of the molecule is CCC(C)(N=N)C(C)(C)C. The first-order valence-corrected chi connectivity index (χ1v) is 3.76. The van der Waals surface area contributed by atoms with Gasteiger partial charge in [-0.25, -0.2) is 5.53 Å². The molecule has 1 N–H and O–H groups in total. The van der Waals surface area contributed by atoms with Crippen LogP contribution >= 0.6 is 0 Å². The molecule has 0 aliphatic rings. The molecule has 0 saturated heterocycles. The molecular formula is C8H18N2. The van der Waals surface area contributed by atoms with Crippen LogP contribution in [0.4, 0.5) is 0 Å². The van der Waals surface area contributed by atoms with Crippen LogP contribution in [0.2, 0.25) is 0 Å². The van der Waals surface area contributed by atoms with E-state index in [1.165, 1.54) is 0 Å². The molecule has 1 atom stereocenters. The van der Waals surface area contributed by atoms with E-state index in [2.05, 4.69) is 32.8 Å². The highest BCUT2D eigenvalue weighted by atomic mass is 15.0. The Labute approximate surface area is 63.5 Å². The highest BCUT2D eigenvalue weighted by Gasteiger charge is 2.35. The van der Waals surface area contributed by atoms with Crippen LogP contribution in [0.5, 0.6) is 0 Å². The summed E-state index contributed by atoms with van der Waals surface area (Å²) in [5.74, 6) is 0. The Morgan fingerprint density at radius 3 is 1.60 bits per heavy atom. The molecule has 2 heteroatoms. The molecule has 0 aromatic rings. The van der Waals surface area contributed by atoms with Crippen molar-refractivity contribution in [2.45, 2.75) is 46.6 Å². The summed E-state index contributed by atoms with van der Waals surface area (Å²) in [5, 5.41) is 3.66. The minimum atomic E-state index is -0.187. The molecule has 0 aromatic heterocycles. The summed E-state index contributed by atoms with van der Waals surface area (Å²) in [7, 11) is 0. The maximum atomic E-state index is 7.04. The summed E-state index contributed by atoms with van der Waals surface area (Å²) < 4.78 is 0. The van der Waals surface area contributed by atoms with Crippen molar-refractivity contribution in [2.24, 2.45) is 10.5 Å². The van der Waals surface area contributed by atoms with E-state index in [1.54, 1.807) is 0 Å². The Bertz CT molecular complexity index is 124. The average Bonchev–Trinajstić information content (AvgIpc) is 1.84. The molecule has 0 aromatic carbocycles. The smallest absolute Gasteiger partial charge is 0.0830 e. The largest absolute Gasteiger partial charge is 0.209 e. The van der Waals surface area contributed by atoms with Gasteiger partial charge in [0, 0.05) is 0 Å². The fraction of sp³-hybridized carbons (Fsp3) is 1.00. The third-order valence-electron chi connectivity index (χ3n) is 2.55. The number of hydrogen-bond donors (Lipinski definition) is 1. The monoisotopic (exact) mass is 142 g/mol. The maximum absolute atomic E-state index is 7.04. The van der Waals surface area contributed by atoms with Gasteiger partial charge in [-0.15, -0.1) is 0 Å². The van der Waals surface area contributed by atoms with Crippen LogP contribution in [0.1, 0.15) is 41.0 Å². The lowest BCUT2D eigenvalue weighted by Gasteiger charge is -2.35. The summed E-state index contributed by atoms with van der Waals surface area (Å²) in [6.45, 7) is 10.5. The van der Waals surface area contributed by atoms with Crippen LogP contribution < -0.4 is 0 Å². The van der Waals surface area contributed by atoms with Gasteiger partial charge < -0.3 is 0 Å². The van der Waals surface area contributed by atoms with Crippen molar-refractivity contribution < 1.29 is 0 Å². The van der Waals surface area contributed by atoms with Crippen LogP contribution in [-0.4, -0.2) is 5.54 Å². The van der Waals surface area contributed by atoms with Crippen LogP contribution in [-0.2, 0) is 0 Å². The quantitative estimate of drug-likeness (QED) is 0.575. The van der Waals surface area contributed by atoms with Gasteiger partial charge in [-0.05, 0) is 18.8 Å². The molecule has 0 amide bonds. The Morgan fingerprint density at radius 1 is 1.20 bits per heavy atom. The lowest BCUT2D eigenvalue weighted by Crippen LogP contribution is -2.36. The number of nitrogens with one attached hydrogen (secondary N) is 1. The zero-order valence-electron chi connectivity index (χ0n) is 7.65. The second kappa shape index (κ2) is 2.69. The second-order valence-corrected chi connectivity index (χ2v) is 3.99. The zero-order chi connectivity index (χ0) is 8.41. The summed E-state index contributed by atoms with van der Waals surface area (Å²) in [4.78, 5) is 0. The molecule has 2 nitrogen and oxygen atoms in total. The van der Waals surface area contributed by atoms with E-state index in [0.717, 1.165) is 6.42 Å². The summed E-state index contributed by atoms with van der Waals surface area (Å²) in [5.41, 5.74) is 6.95. The topological polar surface area (TPSA) is 36.2 Å². The summed E-state index contributed by atoms with van der Waals surface area (Å²) in [6, 6.07) is 0. The first-order chi connectivity index (χ1) is 4.37. The van der Waals surface area contributed by atoms with Gasteiger partial charge in [0.05, 0.1) is 5.54 Å². The minimum Gasteiger partial charge on any atom is -0.209 e. The molecule has 0 spiro atoms. The minimum absolute atomic E-state index is 0.101. The van der Waals surface area contributed by atoms with Gasteiger partial charge in [0.25, 0.3) is 0 Å². The first-order valence-electron chi connectivity index (χ1n) is 3.76. The molecule has 0 aliphatic heterocycles. The fourth-order valence-corrected chi connectivity index (χ4v) is 0.777. The van der Waals surface area contributed by atoms with Gasteiger partial charge in [-0.1, -0.05) is 27.7 Å². The van der Waals surface area contributed by atoms with Crippen molar-refractivity contribution in [2.75, 3.05) is 0 Å². The molecule has 60 valence electrons. The Kier molecular flexibility index (Phi) is 2.58. The van der Waals surface area contributed by atoms with Gasteiger partial charge in [-0.3, -0.25) is 0 Å². The molecule has 0 radical (unpaired) electrons. The number of nitrogens with zero attached hydrogens (tertiary/aromatic N) is 1. The number of rotatable bonds is 2. The van der Waals surface area contributed by atoms with Crippen LogP contribution in [0, 0.1) is 10.9 Å². The Morgan fingerprint density at radius 2 is 1.60 bits per heavy atom. The maximum Gasteiger partial charge on any atom is 0.0830 e. The highest BCUT2D eigenvalue weighted by Crippen LogP contribution is 2.35. The van der Waals surface area contributed by atoms with E-state index in [9.17, 15) is 0 Å². The number of hydrogen-bond acceptors (Lipinski definition) is 2. The lowest BCUT2D eigenvalue weighted by molar-refractivity contribution is 0.191. The van der Waals surface area contributed by atoms with Gasteiger partial charge >= 0.3 is 0 Å². The molecule has 0 heterocycles. The van der Waals surface area contributed by atoms with Crippen LogP contribution in [0.3, 0.4) is 0 Å². The third kappa shape index (κ3) is 1.55. The Balaban J connectivity index is 4.48. The lowest BCUT2D eigenvalue weighted by atomic mass is 9.74. The molecule has 0 saturated carbocycles. The molecule has 0 rings (SSSR count). The van der Waals surface area contributed by atoms with E-state index < -0.39 is 0 Å². The highest BCUT2D eigenvalue weighted by molar-refractivity contribution is 4.91. The first kappa shape index (κ1) is 9.60. The predicted octanol–water partition coefficient (Wildman–Crippen LogP) is 3.23. The van der Waals surface area contributed by atoms with Gasteiger partial charge in [0.2, 0.25) is 0 Å². The molecule has 0 fully saturated rings. The standard InChI is InChI=1S/C8H18N2/c1-6-8(5,10-9)7(2,3)4/h9H,6H2,1-5H3. The van der Waals surface area contributed by atoms with E-state index >= 15 is 0 Å². The summed E-state index contributed by atoms with van der Waals surface area (Å²) in [6.07, 6.45) is 0.931. The fourth-order valence-electron chi connectivity index (χ4n) is 0.777. The second-order valence-electron chi connectivity index (χ2n) is 3.99. The molecule has 1 unspecified atom stereocenters. The molecule has 0 bridgehead atoms. The molecule has 10 heavy (non-hydrogen) atoms. The predicted molar refractivity (Wildman–Crippen MR) is 43.3 cm³/mol. The van der Waals surface area contributed by atoms with E-state index in [-0.39, 0.29) is 11.0 Å². The third-order valence-corrected chi connectivity index (χ3v) is 2.55. The normalized spacial score (nSPS) is 18.1. The average molecular weight is 142 g/mol. The van der Waals surface area contributed by atoms with E-state index in [4.69, 9.17) is 5.53 Å². The molecule has 0 aliphatic carbocycles. The van der Waals surface area contributed by atoms with Gasteiger partial charge in [-0.2, -0.15) is 5.11 Å². The summed E-state index contributed by atoms with van der Waals surface area (Å²) >= 11 is 0. The van der Waals surface area contributed by atoms with Gasteiger partial charge in [0.1, 0.15) is 0 Å². The van der Waals surface area contributed by atoms with Crippen LogP contribution in [0.25, 0.3) is 0 Å². The van der Waals surface area contributed by atoms with Crippen molar-refractivity contribution in [1.29, 1.82) is 5.53 Å². The van der Waals surface area contributed by atoms with Crippen molar-refractivity contribution in [1.82, 2.24) is 0 Å². The van der Waals surface area contributed by atoms with Crippen molar-refractivity contribution in [3.8, 4) is 0 Å². The van der Waals surface area contributed by atoms with Crippen molar-refractivity contribution >= 4 is 0 Å². The van der Waals surface area contributed by atoms with Crippen LogP contribution in [0.15, 0.2) is 5.11 Å². The molecular weight excluding hydrogens is 124 g/mol. The van der Waals surface area contributed by atoms with E-state index in [0.29, 0.717) is 0 Å². The zero-order valence-corrected chi connectivity index (χ0v) is 7.65. The van der Waals surface area contributed by atoms with Gasteiger partial charge in [0.15, 0.2) is 0 Å².